The van der Waals surface area contributed by atoms with Crippen molar-refractivity contribution in [3.05, 3.63) is 48.6 Å². The van der Waals surface area contributed by atoms with Crippen molar-refractivity contribution < 1.29 is 18.0 Å². The molecular weight excluding hydrogens is 387 g/mol. The topological polar surface area (TPSA) is 98.0 Å². The number of allylic oxidation sites excluding steroid dienone is 1. The molecule has 0 aromatic carbocycles. The molecule has 1 N–H and O–H groups in total. The highest BCUT2D eigenvalue weighted by molar-refractivity contribution is 5.88. The average Bonchev–Trinajstić information content (AvgIpc) is 2.72. The highest BCUT2D eigenvalue weighted by Gasteiger charge is 2.32. The van der Waals surface area contributed by atoms with Gasteiger partial charge in [0.25, 0.3) is 0 Å². The van der Waals surface area contributed by atoms with Crippen molar-refractivity contribution in [2.75, 3.05) is 36.4 Å². The van der Waals surface area contributed by atoms with Crippen LogP contribution in [0.15, 0.2) is 42.9 Å². The lowest BCUT2D eigenvalue weighted by Gasteiger charge is -2.35. The van der Waals surface area contributed by atoms with E-state index in [0.29, 0.717) is 43.5 Å². The van der Waals surface area contributed by atoms with Crippen molar-refractivity contribution in [3.63, 3.8) is 0 Å². The number of hydrogen-bond acceptors (Lipinski definition) is 7. The molecule has 0 saturated carbocycles. The van der Waals surface area contributed by atoms with Gasteiger partial charge in [0.15, 0.2) is 11.6 Å². The van der Waals surface area contributed by atoms with E-state index in [1.54, 1.807) is 11.0 Å². The second kappa shape index (κ2) is 8.55. The van der Waals surface area contributed by atoms with Gasteiger partial charge in [0.1, 0.15) is 5.69 Å². The quantitative estimate of drug-likeness (QED) is 0.618. The molecule has 3 heterocycles. The highest BCUT2D eigenvalue weighted by atomic mass is 19.4. The van der Waals surface area contributed by atoms with Gasteiger partial charge in [-0.25, -0.2) is 15.0 Å². The molecule has 0 spiro atoms. The summed E-state index contributed by atoms with van der Waals surface area (Å²) < 4.78 is 38.0. The number of anilines is 3. The number of nitrogens with one attached hydrogen (secondary N) is 1. The van der Waals surface area contributed by atoms with Crippen LogP contribution >= 0.6 is 0 Å². The number of pyridine rings is 1. The molecule has 150 valence electrons. The number of nitrogens with zero attached hydrogens (tertiary/aromatic N) is 6. The predicted octanol–water partition coefficient (Wildman–Crippen LogP) is 2.36. The van der Waals surface area contributed by atoms with Crippen molar-refractivity contribution in [2.45, 2.75) is 6.18 Å². The standard InChI is InChI=1S/C18H16F3N7O/c19-18(20,21)14-4-3-13(12-25-14)26-16-17(24-7-6-23-16)28-10-8-27(9-11-28)15(29)2-1-5-22/h1-4,6-7,12H,8-11H2,(H,23,26)/b2-1-. The number of carbonyl (C=O) groups excluding carboxylic acids is 1. The first kappa shape index (κ1) is 20.1. The number of halogens is 3. The zero-order chi connectivity index (χ0) is 20.9. The van der Waals surface area contributed by atoms with E-state index < -0.39 is 11.9 Å². The van der Waals surface area contributed by atoms with Crippen LogP contribution in [0.4, 0.5) is 30.5 Å². The third-order valence-corrected chi connectivity index (χ3v) is 4.19. The first-order valence-electron chi connectivity index (χ1n) is 8.60. The van der Waals surface area contributed by atoms with E-state index in [1.165, 1.54) is 24.5 Å². The fourth-order valence-corrected chi connectivity index (χ4v) is 2.78. The van der Waals surface area contributed by atoms with Crippen LogP contribution in [0.5, 0.6) is 0 Å². The molecule has 0 radical (unpaired) electrons. The largest absolute Gasteiger partial charge is 0.433 e. The second-order valence-electron chi connectivity index (χ2n) is 6.06. The van der Waals surface area contributed by atoms with E-state index in [4.69, 9.17) is 5.26 Å². The Bertz CT molecular complexity index is 930. The number of rotatable bonds is 4. The van der Waals surface area contributed by atoms with E-state index in [1.807, 2.05) is 4.90 Å². The number of piperazine rings is 1. The first-order chi connectivity index (χ1) is 13.9. The maximum atomic E-state index is 12.7. The lowest BCUT2D eigenvalue weighted by atomic mass is 10.3. The zero-order valence-corrected chi connectivity index (χ0v) is 15.1. The third kappa shape index (κ3) is 4.98. The summed E-state index contributed by atoms with van der Waals surface area (Å²) in [6, 6.07) is 3.94. The van der Waals surface area contributed by atoms with Crippen LogP contribution in [0.3, 0.4) is 0 Å². The summed E-state index contributed by atoms with van der Waals surface area (Å²) in [4.78, 5) is 27.4. The number of carbonyl (C=O) groups is 1. The second-order valence-corrected chi connectivity index (χ2v) is 6.06. The Morgan fingerprint density at radius 3 is 2.48 bits per heavy atom. The Labute approximate surface area is 164 Å². The first-order valence-corrected chi connectivity index (χ1v) is 8.60. The molecule has 1 aliphatic rings. The molecule has 0 unspecified atom stereocenters. The van der Waals surface area contributed by atoms with Crippen molar-refractivity contribution in [1.29, 1.82) is 5.26 Å². The zero-order valence-electron chi connectivity index (χ0n) is 15.1. The minimum Gasteiger partial charge on any atom is -0.350 e. The Kier molecular flexibility index (Phi) is 5.92. The number of alkyl halides is 3. The minimum absolute atomic E-state index is 0.237. The molecule has 11 heteroatoms. The van der Waals surface area contributed by atoms with E-state index in [9.17, 15) is 18.0 Å². The van der Waals surface area contributed by atoms with Crippen molar-refractivity contribution >= 4 is 23.2 Å². The Morgan fingerprint density at radius 2 is 1.86 bits per heavy atom. The molecule has 29 heavy (non-hydrogen) atoms. The molecule has 1 fully saturated rings. The van der Waals surface area contributed by atoms with Crippen LogP contribution in [-0.4, -0.2) is 51.9 Å². The van der Waals surface area contributed by atoms with Gasteiger partial charge in [-0.2, -0.15) is 18.4 Å². The van der Waals surface area contributed by atoms with E-state index in [0.717, 1.165) is 18.3 Å². The molecule has 3 rings (SSSR count). The van der Waals surface area contributed by atoms with Gasteiger partial charge < -0.3 is 15.1 Å². The maximum absolute atomic E-state index is 12.7. The van der Waals surface area contributed by atoms with E-state index in [2.05, 4.69) is 20.3 Å². The van der Waals surface area contributed by atoms with Gasteiger partial charge in [0.05, 0.1) is 18.0 Å². The molecule has 1 aliphatic heterocycles. The van der Waals surface area contributed by atoms with Gasteiger partial charge in [0.2, 0.25) is 5.91 Å². The molecule has 1 saturated heterocycles. The van der Waals surface area contributed by atoms with Crippen LogP contribution in [-0.2, 0) is 11.0 Å². The number of aromatic nitrogens is 3. The summed E-state index contributed by atoms with van der Waals surface area (Å²) in [5, 5.41) is 11.5. The smallest absolute Gasteiger partial charge is 0.350 e. The SMILES string of the molecule is N#C/C=C\C(=O)N1CCN(c2nccnc2Nc2ccc(C(F)(F)F)nc2)CC1. The van der Waals surface area contributed by atoms with Crippen LogP contribution in [0.2, 0.25) is 0 Å². The van der Waals surface area contributed by atoms with Crippen molar-refractivity contribution in [1.82, 2.24) is 19.9 Å². The monoisotopic (exact) mass is 403 g/mol. The highest BCUT2D eigenvalue weighted by Crippen LogP contribution is 2.29. The average molecular weight is 403 g/mol. The molecule has 0 bridgehead atoms. The van der Waals surface area contributed by atoms with E-state index in [-0.39, 0.29) is 5.91 Å². The molecular formula is C18H16F3N7O. The van der Waals surface area contributed by atoms with Crippen LogP contribution in [0.1, 0.15) is 5.69 Å². The van der Waals surface area contributed by atoms with Crippen molar-refractivity contribution in [3.8, 4) is 6.07 Å². The number of hydrogen-bond donors (Lipinski definition) is 1. The van der Waals surface area contributed by atoms with Gasteiger partial charge in [-0.15, -0.1) is 0 Å². The summed E-state index contributed by atoms with van der Waals surface area (Å²) in [6.07, 6.45) is 1.92. The Hall–Kier alpha value is -3.68. The fourth-order valence-electron chi connectivity index (χ4n) is 2.78. The fraction of sp³-hybridized carbons (Fsp3) is 0.278. The predicted molar refractivity (Wildman–Crippen MR) is 98.1 cm³/mol. The summed E-state index contributed by atoms with van der Waals surface area (Å²) in [6.45, 7) is 1.86. The lowest BCUT2D eigenvalue weighted by Crippen LogP contribution is -2.48. The van der Waals surface area contributed by atoms with Crippen LogP contribution < -0.4 is 10.2 Å². The molecule has 0 aliphatic carbocycles. The van der Waals surface area contributed by atoms with Gasteiger partial charge in [0, 0.05) is 50.7 Å². The lowest BCUT2D eigenvalue weighted by molar-refractivity contribution is -0.141. The molecule has 2 aromatic rings. The van der Waals surface area contributed by atoms with Gasteiger partial charge in [-0.05, 0) is 12.1 Å². The molecule has 2 aromatic heterocycles. The van der Waals surface area contributed by atoms with E-state index >= 15 is 0 Å². The van der Waals surface area contributed by atoms with Crippen LogP contribution in [0.25, 0.3) is 0 Å². The van der Waals surface area contributed by atoms with Crippen LogP contribution in [0, 0.1) is 11.3 Å². The molecule has 8 nitrogen and oxygen atoms in total. The number of amides is 1. The molecule has 1 amide bonds. The number of nitriles is 1. The summed E-state index contributed by atoms with van der Waals surface area (Å²) in [7, 11) is 0. The van der Waals surface area contributed by atoms with Gasteiger partial charge in [-0.3, -0.25) is 4.79 Å². The summed E-state index contributed by atoms with van der Waals surface area (Å²) in [5.74, 6) is 0.657. The van der Waals surface area contributed by atoms with Gasteiger partial charge >= 0.3 is 6.18 Å². The maximum Gasteiger partial charge on any atom is 0.433 e. The van der Waals surface area contributed by atoms with Crippen molar-refractivity contribution in [2.24, 2.45) is 0 Å². The molecule has 0 atom stereocenters. The summed E-state index contributed by atoms with van der Waals surface area (Å²) >= 11 is 0. The normalized spacial score (nSPS) is 14.7. The Morgan fingerprint density at radius 1 is 1.14 bits per heavy atom. The third-order valence-electron chi connectivity index (χ3n) is 4.19. The summed E-state index contributed by atoms with van der Waals surface area (Å²) in [5.41, 5.74) is -0.635. The Balaban J connectivity index is 1.69. The van der Waals surface area contributed by atoms with Gasteiger partial charge in [-0.1, -0.05) is 0 Å². The minimum atomic E-state index is -4.50.